The third kappa shape index (κ3) is 3.77. The Labute approximate surface area is 126 Å². The number of halogens is 2. The average molecular weight is 339 g/mol. The second-order valence-electron chi connectivity index (χ2n) is 4.39. The highest BCUT2D eigenvalue weighted by Gasteiger charge is 2.09. The number of rotatable bonds is 5. The molecule has 1 N–H and O–H groups in total. The van der Waals surface area contributed by atoms with Gasteiger partial charge in [-0.3, -0.25) is 4.98 Å². The number of ether oxygens (including phenoxy) is 1. The van der Waals surface area contributed by atoms with Crippen LogP contribution in [0.2, 0.25) is 0 Å². The molecule has 0 aliphatic heterocycles. The molecule has 0 spiro atoms. The highest BCUT2D eigenvalue weighted by Crippen LogP contribution is 2.32. The third-order valence-electron chi connectivity index (χ3n) is 2.76. The van der Waals surface area contributed by atoms with Crippen molar-refractivity contribution in [3.63, 3.8) is 0 Å². The van der Waals surface area contributed by atoms with Crippen LogP contribution >= 0.6 is 15.9 Å². The normalized spacial score (nSPS) is 10.6. The summed E-state index contributed by atoms with van der Waals surface area (Å²) < 4.78 is 19.6. The first-order valence-electron chi connectivity index (χ1n) is 6.39. The quantitative estimate of drug-likeness (QED) is 0.887. The van der Waals surface area contributed by atoms with E-state index in [1.165, 1.54) is 12.1 Å². The molecule has 0 fully saturated rings. The number of nitrogens with one attached hydrogen (secondary N) is 1. The summed E-state index contributed by atoms with van der Waals surface area (Å²) in [5, 5.41) is 3.24. The van der Waals surface area contributed by atoms with Gasteiger partial charge in [0.2, 0.25) is 0 Å². The van der Waals surface area contributed by atoms with Gasteiger partial charge in [0.25, 0.3) is 0 Å². The van der Waals surface area contributed by atoms with Crippen molar-refractivity contribution in [2.45, 2.75) is 20.4 Å². The molecule has 1 heterocycles. The van der Waals surface area contributed by atoms with Gasteiger partial charge >= 0.3 is 0 Å². The molecule has 0 bridgehead atoms. The SMILES string of the molecule is CCNCc1cnc(C)cc1Oc1ccc(F)cc1Br. The number of hydrogen-bond donors (Lipinski definition) is 1. The molecule has 3 nitrogen and oxygen atoms in total. The van der Waals surface area contributed by atoms with Crippen LogP contribution in [0.15, 0.2) is 34.9 Å². The molecule has 0 aliphatic rings. The molecule has 0 atom stereocenters. The lowest BCUT2D eigenvalue weighted by atomic mass is 10.2. The summed E-state index contributed by atoms with van der Waals surface area (Å²) in [6, 6.07) is 6.24. The van der Waals surface area contributed by atoms with Crippen molar-refractivity contribution >= 4 is 15.9 Å². The van der Waals surface area contributed by atoms with Gasteiger partial charge in [0.05, 0.1) is 4.47 Å². The minimum absolute atomic E-state index is 0.303. The number of aromatic nitrogens is 1. The third-order valence-corrected chi connectivity index (χ3v) is 3.38. The van der Waals surface area contributed by atoms with Crippen LogP contribution in [-0.4, -0.2) is 11.5 Å². The predicted octanol–water partition coefficient (Wildman–Crippen LogP) is 4.19. The first-order chi connectivity index (χ1) is 9.60. The number of benzene rings is 1. The molecule has 2 rings (SSSR count). The van der Waals surface area contributed by atoms with E-state index in [2.05, 4.69) is 26.2 Å². The average Bonchev–Trinajstić information content (AvgIpc) is 2.41. The molecule has 20 heavy (non-hydrogen) atoms. The summed E-state index contributed by atoms with van der Waals surface area (Å²) in [7, 11) is 0. The van der Waals surface area contributed by atoms with E-state index in [9.17, 15) is 4.39 Å². The zero-order valence-electron chi connectivity index (χ0n) is 11.4. The summed E-state index contributed by atoms with van der Waals surface area (Å²) in [4.78, 5) is 4.28. The number of nitrogens with zero attached hydrogens (tertiary/aromatic N) is 1. The molecular weight excluding hydrogens is 323 g/mol. The van der Waals surface area contributed by atoms with Crippen molar-refractivity contribution in [1.82, 2.24) is 10.3 Å². The fourth-order valence-corrected chi connectivity index (χ4v) is 2.16. The van der Waals surface area contributed by atoms with E-state index < -0.39 is 0 Å². The standard InChI is InChI=1S/C15H16BrFN2O/c1-3-18-8-11-9-19-10(2)6-15(11)20-14-5-4-12(17)7-13(14)16/h4-7,9,18H,3,8H2,1-2H3. The minimum atomic E-state index is -0.303. The van der Waals surface area contributed by atoms with Gasteiger partial charge in [0.1, 0.15) is 17.3 Å². The first-order valence-corrected chi connectivity index (χ1v) is 7.18. The van der Waals surface area contributed by atoms with Crippen LogP contribution in [0.25, 0.3) is 0 Å². The van der Waals surface area contributed by atoms with Crippen LogP contribution in [0.1, 0.15) is 18.2 Å². The molecule has 0 saturated carbocycles. The second kappa shape index (κ2) is 6.81. The van der Waals surface area contributed by atoms with E-state index in [-0.39, 0.29) is 5.82 Å². The molecule has 0 saturated heterocycles. The van der Waals surface area contributed by atoms with Gasteiger partial charge in [0.15, 0.2) is 0 Å². The van der Waals surface area contributed by atoms with Crippen LogP contribution in [-0.2, 0) is 6.54 Å². The van der Waals surface area contributed by atoms with Gasteiger partial charge in [-0.15, -0.1) is 0 Å². The van der Waals surface area contributed by atoms with Gasteiger partial charge in [-0.1, -0.05) is 6.92 Å². The summed E-state index contributed by atoms with van der Waals surface area (Å²) in [5.41, 5.74) is 1.84. The summed E-state index contributed by atoms with van der Waals surface area (Å²) >= 11 is 3.30. The Kier molecular flexibility index (Phi) is 5.09. The van der Waals surface area contributed by atoms with E-state index in [1.54, 1.807) is 12.3 Å². The maximum atomic E-state index is 13.1. The predicted molar refractivity (Wildman–Crippen MR) is 80.5 cm³/mol. The second-order valence-corrected chi connectivity index (χ2v) is 5.24. The van der Waals surface area contributed by atoms with Gasteiger partial charge in [-0.05, 0) is 47.6 Å². The lowest BCUT2D eigenvalue weighted by Crippen LogP contribution is -2.12. The fraction of sp³-hybridized carbons (Fsp3) is 0.267. The zero-order chi connectivity index (χ0) is 14.5. The molecule has 0 unspecified atom stereocenters. The number of pyridine rings is 1. The van der Waals surface area contributed by atoms with Crippen LogP contribution in [0.3, 0.4) is 0 Å². The smallest absolute Gasteiger partial charge is 0.141 e. The molecule has 2 aromatic rings. The topological polar surface area (TPSA) is 34.2 Å². The van der Waals surface area contributed by atoms with Crippen LogP contribution in [0.4, 0.5) is 4.39 Å². The Morgan fingerprint density at radius 2 is 2.10 bits per heavy atom. The minimum Gasteiger partial charge on any atom is -0.456 e. The molecule has 106 valence electrons. The Morgan fingerprint density at radius 1 is 1.30 bits per heavy atom. The van der Waals surface area contributed by atoms with Crippen LogP contribution < -0.4 is 10.1 Å². The van der Waals surface area contributed by atoms with E-state index in [4.69, 9.17) is 4.74 Å². The lowest BCUT2D eigenvalue weighted by molar-refractivity contribution is 0.466. The van der Waals surface area contributed by atoms with Crippen molar-refractivity contribution in [2.24, 2.45) is 0 Å². The lowest BCUT2D eigenvalue weighted by Gasteiger charge is -2.13. The van der Waals surface area contributed by atoms with Gasteiger partial charge < -0.3 is 10.1 Å². The van der Waals surface area contributed by atoms with E-state index in [1.807, 2.05) is 19.9 Å². The zero-order valence-corrected chi connectivity index (χ0v) is 13.0. The summed E-state index contributed by atoms with van der Waals surface area (Å²) in [6.45, 7) is 5.49. The molecule has 5 heteroatoms. The Balaban J connectivity index is 2.29. The Bertz CT molecular complexity index is 604. The fourth-order valence-electron chi connectivity index (χ4n) is 1.73. The first kappa shape index (κ1) is 14.9. The monoisotopic (exact) mass is 338 g/mol. The Morgan fingerprint density at radius 3 is 2.80 bits per heavy atom. The van der Waals surface area contributed by atoms with Gasteiger partial charge in [0, 0.05) is 30.1 Å². The van der Waals surface area contributed by atoms with E-state index in [0.717, 1.165) is 23.6 Å². The van der Waals surface area contributed by atoms with Gasteiger partial charge in [-0.25, -0.2) is 4.39 Å². The molecule has 0 radical (unpaired) electrons. The van der Waals surface area contributed by atoms with Crippen molar-refractivity contribution in [3.05, 3.63) is 52.0 Å². The van der Waals surface area contributed by atoms with Crippen molar-refractivity contribution < 1.29 is 9.13 Å². The van der Waals surface area contributed by atoms with E-state index in [0.29, 0.717) is 16.8 Å². The van der Waals surface area contributed by atoms with Crippen molar-refractivity contribution in [2.75, 3.05) is 6.54 Å². The Hall–Kier alpha value is -1.46. The maximum Gasteiger partial charge on any atom is 0.141 e. The largest absolute Gasteiger partial charge is 0.456 e. The summed E-state index contributed by atoms with van der Waals surface area (Å²) in [6.07, 6.45) is 1.80. The van der Waals surface area contributed by atoms with Gasteiger partial charge in [-0.2, -0.15) is 0 Å². The molecule has 1 aromatic carbocycles. The number of hydrogen-bond acceptors (Lipinski definition) is 3. The van der Waals surface area contributed by atoms with Crippen LogP contribution in [0.5, 0.6) is 11.5 Å². The maximum absolute atomic E-state index is 13.1. The summed E-state index contributed by atoms with van der Waals surface area (Å²) in [5.74, 6) is 1.00. The van der Waals surface area contributed by atoms with Crippen molar-refractivity contribution in [3.8, 4) is 11.5 Å². The number of aryl methyl sites for hydroxylation is 1. The molecule has 0 amide bonds. The van der Waals surface area contributed by atoms with Crippen LogP contribution in [0, 0.1) is 12.7 Å². The highest BCUT2D eigenvalue weighted by atomic mass is 79.9. The molecular formula is C15H16BrFN2O. The van der Waals surface area contributed by atoms with E-state index >= 15 is 0 Å². The molecule has 1 aromatic heterocycles. The van der Waals surface area contributed by atoms with Crippen molar-refractivity contribution in [1.29, 1.82) is 0 Å². The highest BCUT2D eigenvalue weighted by molar-refractivity contribution is 9.10. The molecule has 0 aliphatic carbocycles.